The van der Waals surface area contributed by atoms with Crippen molar-refractivity contribution in [1.29, 1.82) is 0 Å². The lowest BCUT2D eigenvalue weighted by molar-refractivity contribution is 0.0958. The van der Waals surface area contributed by atoms with Crippen LogP contribution < -0.4 is 10.2 Å². The second kappa shape index (κ2) is 6.16. The lowest BCUT2D eigenvalue weighted by Crippen LogP contribution is -2.24. The topological polar surface area (TPSA) is 84.5 Å². The highest BCUT2D eigenvalue weighted by atomic mass is 32.2. The SMILES string of the molecule is C#CCNC(=O)c1ccc(S(=O)(=O)NOC)cc1. The van der Waals surface area contributed by atoms with Crippen molar-refractivity contribution in [3.05, 3.63) is 29.8 Å². The molecule has 0 spiro atoms. The monoisotopic (exact) mass is 268 g/mol. The molecule has 0 heterocycles. The van der Waals surface area contributed by atoms with Gasteiger partial charge in [0.25, 0.3) is 15.9 Å². The molecule has 2 N–H and O–H groups in total. The molecule has 6 nitrogen and oxygen atoms in total. The number of rotatable bonds is 5. The molecule has 1 aromatic carbocycles. The number of hydrogen-bond donors (Lipinski definition) is 2. The van der Waals surface area contributed by atoms with Gasteiger partial charge in [-0.1, -0.05) is 10.8 Å². The van der Waals surface area contributed by atoms with E-state index in [1.807, 2.05) is 4.89 Å². The van der Waals surface area contributed by atoms with E-state index in [-0.39, 0.29) is 17.3 Å². The van der Waals surface area contributed by atoms with E-state index >= 15 is 0 Å². The summed E-state index contributed by atoms with van der Waals surface area (Å²) in [7, 11) is -2.51. The minimum absolute atomic E-state index is 0.00199. The minimum atomic E-state index is -3.71. The zero-order valence-electron chi connectivity index (χ0n) is 9.64. The number of carbonyl (C=O) groups is 1. The number of terminal acetylenes is 1. The van der Waals surface area contributed by atoms with E-state index in [4.69, 9.17) is 6.42 Å². The molecule has 0 aliphatic rings. The van der Waals surface area contributed by atoms with Gasteiger partial charge in [-0.2, -0.15) is 0 Å². The maximum absolute atomic E-state index is 11.5. The van der Waals surface area contributed by atoms with Gasteiger partial charge in [0.1, 0.15) is 0 Å². The van der Waals surface area contributed by atoms with Gasteiger partial charge in [-0.15, -0.1) is 6.42 Å². The van der Waals surface area contributed by atoms with E-state index < -0.39 is 10.0 Å². The second-order valence-electron chi connectivity index (χ2n) is 3.20. The van der Waals surface area contributed by atoms with Gasteiger partial charge < -0.3 is 5.32 Å². The maximum Gasteiger partial charge on any atom is 0.262 e. The molecular weight excluding hydrogens is 256 g/mol. The molecule has 0 saturated heterocycles. The van der Waals surface area contributed by atoms with Gasteiger partial charge in [0.2, 0.25) is 0 Å². The third-order valence-electron chi connectivity index (χ3n) is 1.97. The zero-order valence-corrected chi connectivity index (χ0v) is 10.5. The lowest BCUT2D eigenvalue weighted by atomic mass is 10.2. The van der Waals surface area contributed by atoms with Crippen LogP contribution in [0, 0.1) is 12.3 Å². The molecule has 18 heavy (non-hydrogen) atoms. The van der Waals surface area contributed by atoms with E-state index in [0.29, 0.717) is 5.56 Å². The molecule has 0 fully saturated rings. The minimum Gasteiger partial charge on any atom is -0.341 e. The van der Waals surface area contributed by atoms with E-state index in [0.717, 1.165) is 0 Å². The Morgan fingerprint density at radius 3 is 2.50 bits per heavy atom. The number of amides is 1. The fourth-order valence-corrected chi connectivity index (χ4v) is 1.99. The van der Waals surface area contributed by atoms with Crippen molar-refractivity contribution in [1.82, 2.24) is 10.2 Å². The van der Waals surface area contributed by atoms with Crippen molar-refractivity contribution in [3.8, 4) is 12.3 Å². The van der Waals surface area contributed by atoms with Crippen molar-refractivity contribution in [2.75, 3.05) is 13.7 Å². The van der Waals surface area contributed by atoms with Crippen LogP contribution in [-0.4, -0.2) is 28.0 Å². The highest BCUT2D eigenvalue weighted by Gasteiger charge is 2.14. The van der Waals surface area contributed by atoms with Crippen molar-refractivity contribution < 1.29 is 18.0 Å². The van der Waals surface area contributed by atoms with E-state index in [1.54, 1.807) is 0 Å². The molecule has 7 heteroatoms. The first-order valence-electron chi connectivity index (χ1n) is 4.88. The summed E-state index contributed by atoms with van der Waals surface area (Å²) in [6.45, 7) is 0.115. The predicted molar refractivity (Wildman–Crippen MR) is 64.9 cm³/mol. The smallest absolute Gasteiger partial charge is 0.262 e. The summed E-state index contributed by atoms with van der Waals surface area (Å²) in [5.41, 5.74) is 0.321. The summed E-state index contributed by atoms with van der Waals surface area (Å²) < 4.78 is 23.0. The van der Waals surface area contributed by atoms with Crippen molar-refractivity contribution in [2.45, 2.75) is 4.90 Å². The Balaban J connectivity index is 2.87. The molecular formula is C11H12N2O4S. The molecule has 0 aliphatic carbocycles. The first-order chi connectivity index (χ1) is 8.51. The number of nitrogens with one attached hydrogen (secondary N) is 2. The largest absolute Gasteiger partial charge is 0.341 e. The molecule has 1 amide bonds. The van der Waals surface area contributed by atoms with Crippen LogP contribution in [0.3, 0.4) is 0 Å². The third-order valence-corrected chi connectivity index (χ3v) is 3.25. The Morgan fingerprint density at radius 2 is 2.00 bits per heavy atom. The summed E-state index contributed by atoms with van der Waals surface area (Å²) in [5, 5.41) is 2.47. The van der Waals surface area contributed by atoms with Gasteiger partial charge in [-0.3, -0.25) is 9.63 Å². The molecule has 0 saturated carbocycles. The van der Waals surface area contributed by atoms with Crippen molar-refractivity contribution in [2.24, 2.45) is 0 Å². The van der Waals surface area contributed by atoms with Crippen LogP contribution in [0.25, 0.3) is 0 Å². The number of sulfonamides is 1. The van der Waals surface area contributed by atoms with Gasteiger partial charge in [0.15, 0.2) is 0 Å². The fraction of sp³-hybridized carbons (Fsp3) is 0.182. The Hall–Kier alpha value is -1.88. The molecule has 0 aromatic heterocycles. The Kier molecular flexibility index (Phi) is 4.85. The van der Waals surface area contributed by atoms with Crippen molar-refractivity contribution >= 4 is 15.9 Å². The quantitative estimate of drug-likeness (QED) is 0.576. The van der Waals surface area contributed by atoms with Gasteiger partial charge in [0.05, 0.1) is 18.6 Å². The van der Waals surface area contributed by atoms with Crippen LogP contribution in [0.15, 0.2) is 29.2 Å². The van der Waals surface area contributed by atoms with E-state index in [1.165, 1.54) is 31.4 Å². The summed E-state index contributed by atoms with van der Waals surface area (Å²) in [6.07, 6.45) is 5.00. The Morgan fingerprint density at radius 1 is 1.39 bits per heavy atom. The zero-order chi connectivity index (χ0) is 13.6. The number of hydrogen-bond acceptors (Lipinski definition) is 4. The highest BCUT2D eigenvalue weighted by molar-refractivity contribution is 7.89. The van der Waals surface area contributed by atoms with E-state index in [2.05, 4.69) is 16.1 Å². The second-order valence-corrected chi connectivity index (χ2v) is 4.85. The van der Waals surface area contributed by atoms with Crippen LogP contribution in [0.5, 0.6) is 0 Å². The van der Waals surface area contributed by atoms with Crippen molar-refractivity contribution in [3.63, 3.8) is 0 Å². The average molecular weight is 268 g/mol. The van der Waals surface area contributed by atoms with Crippen LogP contribution >= 0.6 is 0 Å². The van der Waals surface area contributed by atoms with E-state index in [9.17, 15) is 13.2 Å². The Labute approximate surface area is 105 Å². The van der Waals surface area contributed by atoms with Crippen LogP contribution in [-0.2, 0) is 14.9 Å². The molecule has 0 bridgehead atoms. The van der Waals surface area contributed by atoms with Gasteiger partial charge in [-0.05, 0) is 24.3 Å². The van der Waals surface area contributed by atoms with Crippen LogP contribution in [0.2, 0.25) is 0 Å². The lowest BCUT2D eigenvalue weighted by Gasteiger charge is -2.05. The molecule has 0 unspecified atom stereocenters. The van der Waals surface area contributed by atoms with Gasteiger partial charge >= 0.3 is 0 Å². The molecule has 0 radical (unpaired) electrons. The van der Waals surface area contributed by atoms with Crippen LogP contribution in [0.4, 0.5) is 0 Å². The predicted octanol–water partition coefficient (Wildman–Crippen LogP) is -0.111. The molecule has 0 atom stereocenters. The molecule has 1 rings (SSSR count). The maximum atomic E-state index is 11.5. The standard InChI is InChI=1S/C11H12N2O4S/c1-3-8-12-11(14)9-4-6-10(7-5-9)18(15,16)13-17-2/h1,4-7,13H,8H2,2H3,(H,12,14). The average Bonchev–Trinajstić information content (AvgIpc) is 2.36. The summed E-state index contributed by atoms with van der Waals surface area (Å²) in [5.74, 6) is 1.90. The number of benzene rings is 1. The van der Waals surface area contributed by atoms with Gasteiger partial charge in [0, 0.05) is 5.56 Å². The molecule has 96 valence electrons. The summed E-state index contributed by atoms with van der Waals surface area (Å²) >= 11 is 0. The first-order valence-corrected chi connectivity index (χ1v) is 6.36. The normalized spacial score (nSPS) is 10.7. The van der Waals surface area contributed by atoms with Gasteiger partial charge in [-0.25, -0.2) is 8.42 Å². The third kappa shape index (κ3) is 3.56. The molecule has 1 aromatic rings. The summed E-state index contributed by atoms with van der Waals surface area (Å²) in [6, 6.07) is 5.37. The number of carbonyl (C=O) groups excluding carboxylic acids is 1. The Bertz CT molecular complexity index is 558. The van der Waals surface area contributed by atoms with Crippen LogP contribution in [0.1, 0.15) is 10.4 Å². The summed E-state index contributed by atoms with van der Waals surface area (Å²) in [4.78, 5) is 17.7. The fourth-order valence-electron chi connectivity index (χ4n) is 1.18. The first kappa shape index (κ1) is 14.2. The highest BCUT2D eigenvalue weighted by Crippen LogP contribution is 2.10. The molecule has 0 aliphatic heterocycles.